The summed E-state index contributed by atoms with van der Waals surface area (Å²) in [6, 6.07) is -0.442. The molecule has 1 unspecified atom stereocenters. The van der Waals surface area contributed by atoms with Crippen LogP contribution in [-0.2, 0) is 24.3 Å². The van der Waals surface area contributed by atoms with Crippen LogP contribution in [0.2, 0.25) is 0 Å². The van der Waals surface area contributed by atoms with Crippen molar-refractivity contribution in [3.63, 3.8) is 0 Å². The van der Waals surface area contributed by atoms with Gasteiger partial charge in [-0.25, -0.2) is 22.8 Å². The standard InChI is InChI=1S/C37H61N5O6S/c1-22(2)23(3)33(6)15-16-35(8)24-11-12-27-34(7)19-47-20-37(27,25(24)13-14-36(35,9)28(33)30(43)44)17-26(29(34)48-18-32(4,5)38)42-31(40-21-41-42)49(45,46)39-10/h13,21-24,26-29,39H,11-12,14-20,38H2,1-10H3,(H,43,44)/t23-,24?,26-,27+,28-,29+,33-,34-,35-,36+,37+/m1/s1. The summed E-state index contributed by atoms with van der Waals surface area (Å²) in [4.78, 5) is 17.7. The Bertz CT molecular complexity index is 1600. The van der Waals surface area contributed by atoms with E-state index in [9.17, 15) is 18.3 Å². The summed E-state index contributed by atoms with van der Waals surface area (Å²) in [6.45, 7) is 21.0. The molecule has 0 aromatic carbocycles. The summed E-state index contributed by atoms with van der Waals surface area (Å²) in [5.41, 5.74) is 5.40. The number of nitrogens with two attached hydrogens (primary N) is 1. The van der Waals surface area contributed by atoms with E-state index in [0.29, 0.717) is 32.0 Å². The van der Waals surface area contributed by atoms with Gasteiger partial charge in [-0.05, 0) is 99.3 Å². The molecule has 6 rings (SSSR count). The van der Waals surface area contributed by atoms with E-state index in [1.165, 1.54) is 18.9 Å². The first-order chi connectivity index (χ1) is 22.6. The molecule has 12 heteroatoms. The zero-order valence-corrected chi connectivity index (χ0v) is 32.2. The van der Waals surface area contributed by atoms with E-state index in [0.717, 1.165) is 25.7 Å². The summed E-state index contributed by atoms with van der Waals surface area (Å²) >= 11 is 0. The Morgan fingerprint density at radius 1 is 1.16 bits per heavy atom. The third-order valence-corrected chi connectivity index (χ3v) is 16.4. The maximum absolute atomic E-state index is 13.4. The van der Waals surface area contributed by atoms with Crippen molar-refractivity contribution in [1.29, 1.82) is 0 Å². The van der Waals surface area contributed by atoms with E-state index >= 15 is 0 Å². The fourth-order valence-corrected chi connectivity index (χ4v) is 13.0. The smallest absolute Gasteiger partial charge is 0.307 e. The zero-order valence-electron chi connectivity index (χ0n) is 31.4. The number of hydrogen-bond donors (Lipinski definition) is 3. The summed E-state index contributed by atoms with van der Waals surface area (Å²) in [7, 11) is -2.53. The quantitative estimate of drug-likeness (QED) is 0.285. The summed E-state index contributed by atoms with van der Waals surface area (Å²) in [5, 5.41) is 15.5. The first-order valence-electron chi connectivity index (χ1n) is 18.4. The van der Waals surface area contributed by atoms with Crippen LogP contribution in [0.3, 0.4) is 0 Å². The molecule has 1 aromatic heterocycles. The fraction of sp³-hybridized carbons (Fsp3) is 0.865. The predicted octanol–water partition coefficient (Wildman–Crippen LogP) is 5.44. The van der Waals surface area contributed by atoms with Gasteiger partial charge in [0.1, 0.15) is 6.33 Å². The van der Waals surface area contributed by atoms with Gasteiger partial charge < -0.3 is 20.3 Å². The molecule has 0 spiro atoms. The van der Waals surface area contributed by atoms with Gasteiger partial charge in [-0.15, -0.1) is 0 Å². The minimum absolute atomic E-state index is 0.127. The summed E-state index contributed by atoms with van der Waals surface area (Å²) in [6.07, 6.45) is 8.34. The third kappa shape index (κ3) is 5.23. The minimum atomic E-state index is -3.91. The molecule has 11 nitrogen and oxygen atoms in total. The lowest BCUT2D eigenvalue weighted by Crippen LogP contribution is -2.69. The fourth-order valence-electron chi connectivity index (χ4n) is 12.2. The molecule has 1 aromatic rings. The van der Waals surface area contributed by atoms with Crippen LogP contribution in [0.4, 0.5) is 0 Å². The van der Waals surface area contributed by atoms with Crippen molar-refractivity contribution in [3.8, 4) is 0 Å². The molecule has 4 aliphatic carbocycles. The summed E-state index contributed by atoms with van der Waals surface area (Å²) in [5.74, 6) is -0.0875. The van der Waals surface area contributed by atoms with Gasteiger partial charge in [0.05, 0.1) is 37.9 Å². The molecule has 1 aliphatic heterocycles. The number of allylic oxidation sites excluding steroid dienone is 1. The van der Waals surface area contributed by atoms with Crippen molar-refractivity contribution < 1.29 is 27.8 Å². The molecule has 0 amide bonds. The van der Waals surface area contributed by atoms with Crippen molar-refractivity contribution in [2.75, 3.05) is 26.9 Å². The monoisotopic (exact) mass is 703 g/mol. The molecule has 4 fully saturated rings. The molecular formula is C37H61N5O6S. The number of carboxylic acids is 1. The highest BCUT2D eigenvalue weighted by Crippen LogP contribution is 2.75. The normalized spacial score (nSPS) is 42.9. The number of fused-ring (bicyclic) bond motifs is 3. The van der Waals surface area contributed by atoms with Gasteiger partial charge in [0.25, 0.3) is 15.2 Å². The number of carboxylic acid groups (broad SMARTS) is 1. The van der Waals surface area contributed by atoms with E-state index in [2.05, 4.69) is 69.3 Å². The predicted molar refractivity (Wildman–Crippen MR) is 187 cm³/mol. The van der Waals surface area contributed by atoms with Crippen LogP contribution in [-0.4, -0.2) is 72.8 Å². The second-order valence-corrected chi connectivity index (χ2v) is 20.3. The van der Waals surface area contributed by atoms with Gasteiger partial charge in [-0.3, -0.25) is 4.79 Å². The Hall–Kier alpha value is -1.86. The lowest BCUT2D eigenvalue weighted by atomic mass is 9.34. The number of nitrogens with zero attached hydrogens (tertiary/aromatic N) is 3. The number of sulfonamides is 1. The Balaban J connectivity index is 1.50. The van der Waals surface area contributed by atoms with Gasteiger partial charge in [0.15, 0.2) is 0 Å². The van der Waals surface area contributed by atoms with Crippen LogP contribution in [0.1, 0.15) is 107 Å². The Labute approximate surface area is 293 Å². The number of carbonyl (C=O) groups is 1. The van der Waals surface area contributed by atoms with Gasteiger partial charge in [0.2, 0.25) is 0 Å². The number of hydrogen-bond acceptors (Lipinski definition) is 8. The molecule has 5 aliphatic rings. The van der Waals surface area contributed by atoms with Crippen molar-refractivity contribution in [2.45, 2.75) is 124 Å². The van der Waals surface area contributed by atoms with E-state index < -0.39 is 50.4 Å². The van der Waals surface area contributed by atoms with E-state index in [4.69, 9.17) is 15.2 Å². The van der Waals surface area contributed by atoms with Gasteiger partial charge in [-0.1, -0.05) is 60.1 Å². The van der Waals surface area contributed by atoms with Crippen LogP contribution in [0.25, 0.3) is 0 Å². The lowest BCUT2D eigenvalue weighted by molar-refractivity contribution is -0.252. The van der Waals surface area contributed by atoms with Gasteiger partial charge in [-0.2, -0.15) is 5.10 Å². The molecule has 4 N–H and O–H groups in total. The number of aliphatic carboxylic acids is 1. The number of aromatic nitrogens is 3. The third-order valence-electron chi connectivity index (χ3n) is 15.1. The average molecular weight is 704 g/mol. The number of ether oxygens (including phenoxy) is 2. The number of nitrogens with one attached hydrogen (secondary N) is 1. The lowest BCUT2D eigenvalue weighted by Gasteiger charge is -2.71. The van der Waals surface area contributed by atoms with E-state index in [1.54, 1.807) is 4.68 Å². The molecule has 276 valence electrons. The Morgan fingerprint density at radius 2 is 1.86 bits per heavy atom. The van der Waals surface area contributed by atoms with Crippen molar-refractivity contribution >= 4 is 16.0 Å². The molecule has 0 radical (unpaired) electrons. The van der Waals surface area contributed by atoms with Crippen LogP contribution >= 0.6 is 0 Å². The Kier molecular flexibility index (Phi) is 8.91. The van der Waals surface area contributed by atoms with Crippen molar-refractivity contribution in [3.05, 3.63) is 18.0 Å². The van der Waals surface area contributed by atoms with Crippen molar-refractivity contribution in [2.24, 2.45) is 62.4 Å². The van der Waals surface area contributed by atoms with Crippen LogP contribution in [0.15, 0.2) is 23.1 Å². The first kappa shape index (κ1) is 36.9. The van der Waals surface area contributed by atoms with Crippen LogP contribution < -0.4 is 10.5 Å². The maximum Gasteiger partial charge on any atom is 0.307 e. The first-order valence-corrected chi connectivity index (χ1v) is 19.9. The van der Waals surface area contributed by atoms with E-state index in [1.807, 2.05) is 13.8 Å². The highest BCUT2D eigenvalue weighted by molar-refractivity contribution is 7.89. The molecule has 3 saturated carbocycles. The maximum atomic E-state index is 13.4. The number of rotatable bonds is 9. The highest BCUT2D eigenvalue weighted by Gasteiger charge is 2.72. The molecule has 11 atom stereocenters. The van der Waals surface area contributed by atoms with Gasteiger partial charge >= 0.3 is 5.97 Å². The van der Waals surface area contributed by atoms with Crippen LogP contribution in [0, 0.1) is 56.7 Å². The Morgan fingerprint density at radius 3 is 2.47 bits per heavy atom. The van der Waals surface area contributed by atoms with E-state index in [-0.39, 0.29) is 45.8 Å². The zero-order chi connectivity index (χ0) is 36.2. The largest absolute Gasteiger partial charge is 0.481 e. The van der Waals surface area contributed by atoms with Crippen molar-refractivity contribution in [1.82, 2.24) is 19.5 Å². The summed E-state index contributed by atoms with van der Waals surface area (Å²) < 4.78 is 43.9. The highest BCUT2D eigenvalue weighted by atomic mass is 32.2. The SMILES string of the molecule is CNS(=O)(=O)c1ncnn1[C@@H]1C[C@@]23COC[C@](C)([C@@H]2CCC2C3=CC[C@@]3(C)[C@H](C(=O)O)[C@@](C)([C@H](C)C(C)C)CC[C@]23C)[C@H]1OCC(C)(C)N. The van der Waals surface area contributed by atoms with Crippen LogP contribution in [0.5, 0.6) is 0 Å². The molecule has 49 heavy (non-hydrogen) atoms. The molecule has 2 heterocycles. The molecule has 1 saturated heterocycles. The molecule has 2 bridgehead atoms. The average Bonchev–Trinajstić information content (AvgIpc) is 3.51. The molecular weight excluding hydrogens is 643 g/mol. The second-order valence-electron chi connectivity index (χ2n) is 18.5. The second kappa shape index (κ2) is 11.8. The minimum Gasteiger partial charge on any atom is -0.481 e. The van der Waals surface area contributed by atoms with Gasteiger partial charge in [0, 0.05) is 16.4 Å². The topological polar surface area (TPSA) is 159 Å².